The van der Waals surface area contributed by atoms with Gasteiger partial charge in [-0.05, 0) is 19.4 Å². The summed E-state index contributed by atoms with van der Waals surface area (Å²) in [5, 5.41) is 3.32. The maximum Gasteiger partial charge on any atom is 0.231 e. The molecule has 0 amide bonds. The molecule has 4 nitrogen and oxygen atoms in total. The third-order valence-corrected chi connectivity index (χ3v) is 3.22. The summed E-state index contributed by atoms with van der Waals surface area (Å²) in [5.41, 5.74) is 0.748. The largest absolute Gasteiger partial charge is 0.493 e. The molecule has 3 rings (SSSR count). The van der Waals surface area contributed by atoms with Gasteiger partial charge in [-0.15, -0.1) is 0 Å². The summed E-state index contributed by atoms with van der Waals surface area (Å²) >= 11 is 0. The van der Waals surface area contributed by atoms with Crippen LogP contribution in [-0.2, 0) is 0 Å². The van der Waals surface area contributed by atoms with Crippen molar-refractivity contribution in [3.63, 3.8) is 0 Å². The molecule has 0 radical (unpaired) electrons. The Balaban J connectivity index is 2.15. The average molecular weight is 239 g/mol. The van der Waals surface area contributed by atoms with Crippen LogP contribution in [0.15, 0.2) is 6.07 Å². The van der Waals surface area contributed by atoms with Crippen molar-refractivity contribution in [2.45, 2.75) is 18.9 Å². The van der Waals surface area contributed by atoms with Crippen LogP contribution in [0.25, 0.3) is 0 Å². The maximum atomic E-state index is 13.9. The monoisotopic (exact) mass is 239 g/mol. The van der Waals surface area contributed by atoms with Crippen LogP contribution in [0, 0.1) is 5.82 Å². The van der Waals surface area contributed by atoms with Gasteiger partial charge in [0.1, 0.15) is 0 Å². The highest BCUT2D eigenvalue weighted by Gasteiger charge is 2.31. The van der Waals surface area contributed by atoms with Gasteiger partial charge in [0.25, 0.3) is 0 Å². The van der Waals surface area contributed by atoms with Gasteiger partial charge < -0.3 is 19.5 Å². The molecule has 1 atom stereocenters. The predicted octanol–water partition coefficient (Wildman–Crippen LogP) is 1.99. The Morgan fingerprint density at radius 3 is 3.06 bits per heavy atom. The van der Waals surface area contributed by atoms with E-state index in [4.69, 9.17) is 14.2 Å². The molecule has 2 aliphatic rings. The molecule has 2 heterocycles. The van der Waals surface area contributed by atoms with E-state index in [2.05, 4.69) is 5.32 Å². The lowest BCUT2D eigenvalue weighted by molar-refractivity contribution is 0.172. The van der Waals surface area contributed by atoms with E-state index < -0.39 is 5.82 Å². The second-order valence-corrected chi connectivity index (χ2v) is 4.19. The number of methoxy groups -OCH3 is 1. The Hall–Kier alpha value is -1.49. The molecule has 0 aliphatic carbocycles. The van der Waals surface area contributed by atoms with Gasteiger partial charge >= 0.3 is 0 Å². The first-order valence-electron chi connectivity index (χ1n) is 5.70. The third kappa shape index (κ3) is 1.61. The predicted molar refractivity (Wildman–Crippen MR) is 59.1 cm³/mol. The van der Waals surface area contributed by atoms with Crippen LogP contribution in [0.5, 0.6) is 17.2 Å². The number of hydrogen-bond donors (Lipinski definition) is 1. The van der Waals surface area contributed by atoms with Crippen LogP contribution in [0.2, 0.25) is 0 Å². The smallest absolute Gasteiger partial charge is 0.231 e. The molecule has 1 N–H and O–H groups in total. The Morgan fingerprint density at radius 1 is 1.47 bits per heavy atom. The summed E-state index contributed by atoms with van der Waals surface area (Å²) in [7, 11) is 1.47. The van der Waals surface area contributed by atoms with E-state index in [1.807, 2.05) is 0 Å². The number of halogens is 1. The molecule has 1 aromatic carbocycles. The summed E-state index contributed by atoms with van der Waals surface area (Å²) in [5.74, 6) is 0.934. The number of rotatable bonds is 2. The SMILES string of the molecule is COc1c(F)cc2c(c1C1CCCN1)OCO2. The van der Waals surface area contributed by atoms with Crippen molar-refractivity contribution < 1.29 is 18.6 Å². The van der Waals surface area contributed by atoms with Gasteiger partial charge in [-0.2, -0.15) is 0 Å². The average Bonchev–Trinajstić information content (AvgIpc) is 2.97. The Morgan fingerprint density at radius 2 is 2.35 bits per heavy atom. The molecule has 0 spiro atoms. The van der Waals surface area contributed by atoms with Crippen LogP contribution >= 0.6 is 0 Å². The lowest BCUT2D eigenvalue weighted by atomic mass is 10.0. The summed E-state index contributed by atoms with van der Waals surface area (Å²) in [6.45, 7) is 1.07. The molecule has 0 saturated carbocycles. The van der Waals surface area contributed by atoms with Crippen molar-refractivity contribution in [1.82, 2.24) is 5.32 Å². The quantitative estimate of drug-likeness (QED) is 0.856. The number of nitrogens with one attached hydrogen (secondary N) is 1. The molecule has 1 unspecified atom stereocenters. The maximum absolute atomic E-state index is 13.9. The first-order valence-corrected chi connectivity index (χ1v) is 5.70. The molecule has 1 aromatic rings. The van der Waals surface area contributed by atoms with Crippen LogP contribution < -0.4 is 19.5 Å². The number of hydrogen-bond acceptors (Lipinski definition) is 4. The van der Waals surface area contributed by atoms with E-state index in [0.717, 1.165) is 24.9 Å². The fourth-order valence-electron chi connectivity index (χ4n) is 2.47. The summed E-state index contributed by atoms with van der Waals surface area (Å²) in [6, 6.07) is 1.40. The lowest BCUT2D eigenvalue weighted by Crippen LogP contribution is -2.15. The molecule has 1 saturated heterocycles. The lowest BCUT2D eigenvalue weighted by Gasteiger charge is -2.17. The number of benzene rings is 1. The van der Waals surface area contributed by atoms with Crippen LogP contribution in [-0.4, -0.2) is 20.4 Å². The fraction of sp³-hybridized carbons (Fsp3) is 0.500. The van der Waals surface area contributed by atoms with Gasteiger partial charge in [-0.3, -0.25) is 0 Å². The van der Waals surface area contributed by atoms with Gasteiger partial charge in [0, 0.05) is 12.1 Å². The van der Waals surface area contributed by atoms with E-state index in [9.17, 15) is 4.39 Å². The highest BCUT2D eigenvalue weighted by Crippen LogP contribution is 2.47. The molecule has 2 aliphatic heterocycles. The minimum atomic E-state index is -0.402. The van der Waals surface area contributed by atoms with E-state index in [-0.39, 0.29) is 18.6 Å². The van der Waals surface area contributed by atoms with Crippen LogP contribution in [0.3, 0.4) is 0 Å². The van der Waals surface area contributed by atoms with Crippen LogP contribution in [0.4, 0.5) is 4.39 Å². The fourth-order valence-corrected chi connectivity index (χ4v) is 2.47. The van der Waals surface area contributed by atoms with Crippen molar-refractivity contribution in [2.24, 2.45) is 0 Å². The molecular weight excluding hydrogens is 225 g/mol. The normalized spacial score (nSPS) is 21.9. The number of fused-ring (bicyclic) bond motifs is 1. The Bertz CT molecular complexity index is 440. The van der Waals surface area contributed by atoms with Crippen molar-refractivity contribution in [1.29, 1.82) is 0 Å². The molecule has 17 heavy (non-hydrogen) atoms. The van der Waals surface area contributed by atoms with Crippen LogP contribution in [0.1, 0.15) is 24.4 Å². The minimum Gasteiger partial charge on any atom is -0.493 e. The molecular formula is C12H14FNO3. The molecule has 0 bridgehead atoms. The zero-order valence-corrected chi connectivity index (χ0v) is 9.59. The third-order valence-electron chi connectivity index (χ3n) is 3.22. The van der Waals surface area contributed by atoms with E-state index >= 15 is 0 Å². The van der Waals surface area contributed by atoms with Gasteiger partial charge in [0.15, 0.2) is 23.1 Å². The van der Waals surface area contributed by atoms with Crippen molar-refractivity contribution >= 4 is 0 Å². The summed E-state index contributed by atoms with van der Waals surface area (Å²) < 4.78 is 29.7. The van der Waals surface area contributed by atoms with Gasteiger partial charge in [-0.25, -0.2) is 4.39 Å². The van der Waals surface area contributed by atoms with Crippen molar-refractivity contribution in [3.8, 4) is 17.2 Å². The zero-order valence-electron chi connectivity index (χ0n) is 9.59. The Labute approximate surface area is 98.7 Å². The minimum absolute atomic E-state index is 0.0797. The molecule has 0 aromatic heterocycles. The summed E-state index contributed by atoms with van der Waals surface area (Å²) in [4.78, 5) is 0. The second-order valence-electron chi connectivity index (χ2n) is 4.19. The highest BCUT2D eigenvalue weighted by molar-refractivity contribution is 5.57. The topological polar surface area (TPSA) is 39.7 Å². The standard InChI is InChI=1S/C12H14FNO3/c1-15-11-7(13)5-9-12(17-6-16-9)10(11)8-3-2-4-14-8/h5,8,14H,2-4,6H2,1H3. The van der Waals surface area contributed by atoms with Crippen molar-refractivity contribution in [3.05, 3.63) is 17.4 Å². The second kappa shape index (κ2) is 4.07. The first kappa shape index (κ1) is 10.7. The highest BCUT2D eigenvalue weighted by atomic mass is 19.1. The van der Waals surface area contributed by atoms with Gasteiger partial charge in [-0.1, -0.05) is 0 Å². The van der Waals surface area contributed by atoms with E-state index in [1.165, 1.54) is 13.2 Å². The zero-order chi connectivity index (χ0) is 11.8. The first-order chi connectivity index (χ1) is 8.31. The van der Waals surface area contributed by atoms with Gasteiger partial charge in [0.2, 0.25) is 6.79 Å². The number of ether oxygens (including phenoxy) is 3. The summed E-state index contributed by atoms with van der Waals surface area (Å²) in [6.07, 6.45) is 2.02. The molecule has 1 fully saturated rings. The van der Waals surface area contributed by atoms with Gasteiger partial charge in [0.05, 0.1) is 12.7 Å². The van der Waals surface area contributed by atoms with E-state index in [1.54, 1.807) is 0 Å². The van der Waals surface area contributed by atoms with E-state index in [0.29, 0.717) is 11.5 Å². The molecule has 92 valence electrons. The molecule has 5 heteroatoms. The Kier molecular flexibility index (Phi) is 2.55. The van der Waals surface area contributed by atoms with Crippen molar-refractivity contribution in [2.75, 3.05) is 20.4 Å².